The third-order valence-electron chi connectivity index (χ3n) is 3.33. The molecule has 0 aliphatic rings. The largest absolute Gasteiger partial charge is 0.379 e. The van der Waals surface area contributed by atoms with Crippen molar-refractivity contribution >= 4 is 5.91 Å². The van der Waals surface area contributed by atoms with Crippen molar-refractivity contribution in [1.82, 2.24) is 5.32 Å². The van der Waals surface area contributed by atoms with Crippen molar-refractivity contribution in [3.05, 3.63) is 0 Å². The quantitative estimate of drug-likeness (QED) is 0.482. The van der Waals surface area contributed by atoms with Crippen LogP contribution in [0.4, 0.5) is 0 Å². The Morgan fingerprint density at radius 2 is 1.08 bits per heavy atom. The normalized spacial score (nSPS) is 12.4. The molecule has 0 aliphatic carbocycles. The lowest BCUT2D eigenvalue weighted by atomic mass is 9.93. The van der Waals surface area contributed by atoms with Crippen molar-refractivity contribution < 1.29 is 23.7 Å². The third-order valence-corrected chi connectivity index (χ3v) is 3.33. The van der Waals surface area contributed by atoms with E-state index >= 15 is 0 Å². The summed E-state index contributed by atoms with van der Waals surface area (Å²) in [6, 6.07) is 0. The van der Waals surface area contributed by atoms with E-state index in [9.17, 15) is 4.79 Å². The first-order valence-electron chi connectivity index (χ1n) is 9.22. The molecule has 0 saturated heterocycles. The lowest BCUT2D eigenvalue weighted by Gasteiger charge is -2.17. The van der Waals surface area contributed by atoms with Gasteiger partial charge in [-0.05, 0) is 11.8 Å². The van der Waals surface area contributed by atoms with E-state index < -0.39 is 0 Å². The highest BCUT2D eigenvalue weighted by molar-refractivity contribution is 5.81. The van der Waals surface area contributed by atoms with Crippen molar-refractivity contribution in [3.8, 4) is 0 Å². The van der Waals surface area contributed by atoms with Gasteiger partial charge in [0.25, 0.3) is 0 Å². The Morgan fingerprint density at radius 3 is 1.48 bits per heavy atom. The van der Waals surface area contributed by atoms with Gasteiger partial charge in [0, 0.05) is 18.6 Å². The van der Waals surface area contributed by atoms with E-state index in [1.807, 2.05) is 20.8 Å². The van der Waals surface area contributed by atoms with Crippen molar-refractivity contribution in [2.75, 3.05) is 59.4 Å². The van der Waals surface area contributed by atoms with Crippen LogP contribution in [0.3, 0.4) is 0 Å². The Morgan fingerprint density at radius 1 is 0.680 bits per heavy atom. The minimum atomic E-state index is -0.360. The SMILES string of the molecule is CC(C)(C)CCOCCOCCOCCOCCNC(=O)C(C)(C)C. The van der Waals surface area contributed by atoms with E-state index in [1.165, 1.54) is 0 Å². The number of carbonyl (C=O) groups is 1. The highest BCUT2D eigenvalue weighted by Gasteiger charge is 2.20. The summed E-state index contributed by atoms with van der Waals surface area (Å²) >= 11 is 0. The summed E-state index contributed by atoms with van der Waals surface area (Å²) in [5.41, 5.74) is -0.0459. The van der Waals surface area contributed by atoms with Crippen molar-refractivity contribution in [1.29, 1.82) is 0 Å². The molecule has 0 fully saturated rings. The first-order chi connectivity index (χ1) is 11.6. The van der Waals surface area contributed by atoms with Crippen LogP contribution in [0.5, 0.6) is 0 Å². The molecule has 0 aromatic heterocycles. The predicted octanol–water partition coefficient (Wildman–Crippen LogP) is 2.65. The van der Waals surface area contributed by atoms with Gasteiger partial charge in [-0.15, -0.1) is 0 Å². The monoisotopic (exact) mass is 361 g/mol. The fourth-order valence-corrected chi connectivity index (χ4v) is 1.64. The van der Waals surface area contributed by atoms with Gasteiger partial charge >= 0.3 is 0 Å². The Balaban J connectivity index is 3.18. The van der Waals surface area contributed by atoms with Crippen LogP contribution in [0.25, 0.3) is 0 Å². The molecule has 150 valence electrons. The van der Waals surface area contributed by atoms with Crippen molar-refractivity contribution in [3.63, 3.8) is 0 Å². The molecule has 0 aliphatic heterocycles. The number of nitrogens with one attached hydrogen (secondary N) is 1. The van der Waals surface area contributed by atoms with E-state index in [2.05, 4.69) is 26.1 Å². The van der Waals surface area contributed by atoms with E-state index in [-0.39, 0.29) is 11.3 Å². The van der Waals surface area contributed by atoms with Crippen LogP contribution in [0.15, 0.2) is 0 Å². The second-order valence-corrected chi connectivity index (χ2v) is 8.27. The number of carbonyl (C=O) groups excluding carboxylic acids is 1. The fraction of sp³-hybridized carbons (Fsp3) is 0.947. The summed E-state index contributed by atoms with van der Waals surface area (Å²) in [7, 11) is 0. The summed E-state index contributed by atoms with van der Waals surface area (Å²) in [4.78, 5) is 11.6. The summed E-state index contributed by atoms with van der Waals surface area (Å²) in [6.45, 7) is 17.4. The molecule has 1 N–H and O–H groups in total. The van der Waals surface area contributed by atoms with Crippen LogP contribution in [-0.4, -0.2) is 65.3 Å². The fourth-order valence-electron chi connectivity index (χ4n) is 1.64. The van der Waals surface area contributed by atoms with Gasteiger partial charge in [0.15, 0.2) is 0 Å². The second-order valence-electron chi connectivity index (χ2n) is 8.27. The summed E-state index contributed by atoms with van der Waals surface area (Å²) in [6.07, 6.45) is 1.05. The predicted molar refractivity (Wildman–Crippen MR) is 99.8 cm³/mol. The van der Waals surface area contributed by atoms with Crippen LogP contribution < -0.4 is 5.32 Å². The lowest BCUT2D eigenvalue weighted by Crippen LogP contribution is -2.36. The lowest BCUT2D eigenvalue weighted by molar-refractivity contribution is -0.128. The minimum Gasteiger partial charge on any atom is -0.379 e. The highest BCUT2D eigenvalue weighted by atomic mass is 16.6. The first-order valence-corrected chi connectivity index (χ1v) is 9.22. The number of hydrogen-bond acceptors (Lipinski definition) is 5. The molecule has 0 heterocycles. The molecule has 0 saturated carbocycles. The van der Waals surface area contributed by atoms with Crippen molar-refractivity contribution in [2.24, 2.45) is 10.8 Å². The summed E-state index contributed by atoms with van der Waals surface area (Å²) < 4.78 is 21.8. The molecule has 1 amide bonds. The van der Waals surface area contributed by atoms with Gasteiger partial charge in [0.05, 0.1) is 46.2 Å². The zero-order chi connectivity index (χ0) is 19.2. The van der Waals surface area contributed by atoms with Gasteiger partial charge < -0.3 is 24.3 Å². The Labute approximate surface area is 153 Å². The zero-order valence-corrected chi connectivity index (χ0v) is 17.1. The van der Waals surface area contributed by atoms with Crippen LogP contribution in [-0.2, 0) is 23.7 Å². The standard InChI is InChI=1S/C19H39NO5/c1-18(2,3)7-9-22-11-13-24-15-16-25-14-12-23-10-8-20-17(21)19(4,5)6/h7-16H2,1-6H3,(H,20,21). The molecule has 6 nitrogen and oxygen atoms in total. The molecule has 0 spiro atoms. The molecule has 0 atom stereocenters. The van der Waals surface area contributed by atoms with E-state index in [4.69, 9.17) is 18.9 Å². The molecule has 0 bridgehead atoms. The summed E-state index contributed by atoms with van der Waals surface area (Å²) in [5, 5.41) is 2.83. The smallest absolute Gasteiger partial charge is 0.225 e. The zero-order valence-electron chi connectivity index (χ0n) is 17.1. The van der Waals surface area contributed by atoms with Crippen LogP contribution in [0, 0.1) is 10.8 Å². The van der Waals surface area contributed by atoms with Crippen LogP contribution in [0.2, 0.25) is 0 Å². The molecule has 0 aromatic rings. The number of ether oxygens (including phenoxy) is 4. The molecule has 6 heteroatoms. The van der Waals surface area contributed by atoms with Crippen LogP contribution in [0.1, 0.15) is 48.0 Å². The van der Waals surface area contributed by atoms with E-state index in [0.29, 0.717) is 58.2 Å². The maximum Gasteiger partial charge on any atom is 0.225 e. The maximum atomic E-state index is 11.6. The third kappa shape index (κ3) is 17.9. The van der Waals surface area contributed by atoms with Gasteiger partial charge in [0.2, 0.25) is 5.91 Å². The van der Waals surface area contributed by atoms with Gasteiger partial charge in [-0.25, -0.2) is 0 Å². The van der Waals surface area contributed by atoms with Gasteiger partial charge in [-0.2, -0.15) is 0 Å². The molecule has 0 unspecified atom stereocenters. The highest BCUT2D eigenvalue weighted by Crippen LogP contribution is 2.17. The molecule has 0 rings (SSSR count). The van der Waals surface area contributed by atoms with Gasteiger partial charge in [0.1, 0.15) is 0 Å². The topological polar surface area (TPSA) is 66.0 Å². The second kappa shape index (κ2) is 13.5. The Bertz CT molecular complexity index is 334. The van der Waals surface area contributed by atoms with E-state index in [1.54, 1.807) is 0 Å². The molecular formula is C19H39NO5. The van der Waals surface area contributed by atoms with Crippen molar-refractivity contribution in [2.45, 2.75) is 48.0 Å². The number of rotatable bonds is 14. The number of amides is 1. The molecular weight excluding hydrogens is 322 g/mol. The summed E-state index contributed by atoms with van der Waals surface area (Å²) in [5.74, 6) is 0.0342. The molecule has 0 radical (unpaired) electrons. The van der Waals surface area contributed by atoms with Crippen LogP contribution >= 0.6 is 0 Å². The van der Waals surface area contributed by atoms with Gasteiger partial charge in [-0.1, -0.05) is 41.5 Å². The van der Waals surface area contributed by atoms with Gasteiger partial charge in [-0.3, -0.25) is 4.79 Å². The van der Waals surface area contributed by atoms with E-state index in [0.717, 1.165) is 13.0 Å². The minimum absolute atomic E-state index is 0.0342. The average Bonchev–Trinajstić information content (AvgIpc) is 2.48. The molecule has 25 heavy (non-hydrogen) atoms. The average molecular weight is 362 g/mol. The number of hydrogen-bond donors (Lipinski definition) is 1. The maximum absolute atomic E-state index is 11.6. The Kier molecular flexibility index (Phi) is 13.1. The Hall–Kier alpha value is -0.690. The molecule has 0 aromatic carbocycles. The first kappa shape index (κ1) is 24.3.